The van der Waals surface area contributed by atoms with E-state index in [1.165, 1.54) is 23.5 Å². The standard InChI is InChI=1S/C12H12BrFN2O2S2/c13-9-4-10(19-7-9)6-16-20(17,18)12-3-8(5-15)1-2-11(12)14/h1-4,7,16H,5-6,15H2. The van der Waals surface area contributed by atoms with Crippen LogP contribution in [0.25, 0.3) is 0 Å². The Morgan fingerprint density at radius 3 is 2.70 bits per heavy atom. The molecule has 0 radical (unpaired) electrons. The second-order valence-corrected chi connectivity index (χ2v) is 7.67. The third kappa shape index (κ3) is 3.64. The molecule has 0 aliphatic rings. The van der Waals surface area contributed by atoms with E-state index in [1.807, 2.05) is 5.38 Å². The Labute approximate surface area is 129 Å². The van der Waals surface area contributed by atoms with E-state index < -0.39 is 15.8 Å². The number of thiophene rings is 1. The maximum Gasteiger partial charge on any atom is 0.243 e. The minimum Gasteiger partial charge on any atom is -0.326 e. The van der Waals surface area contributed by atoms with Crippen LogP contribution in [0.5, 0.6) is 0 Å². The molecule has 8 heteroatoms. The van der Waals surface area contributed by atoms with Crippen LogP contribution in [0.2, 0.25) is 0 Å². The third-order valence-electron chi connectivity index (χ3n) is 2.58. The first-order chi connectivity index (χ1) is 9.42. The second kappa shape index (κ2) is 6.31. The van der Waals surface area contributed by atoms with E-state index >= 15 is 0 Å². The molecule has 0 unspecified atom stereocenters. The number of rotatable bonds is 5. The normalized spacial score (nSPS) is 11.8. The highest BCUT2D eigenvalue weighted by molar-refractivity contribution is 9.10. The van der Waals surface area contributed by atoms with Crippen molar-refractivity contribution in [2.45, 2.75) is 18.0 Å². The zero-order valence-electron chi connectivity index (χ0n) is 10.3. The van der Waals surface area contributed by atoms with Gasteiger partial charge in [0.15, 0.2) is 0 Å². The fraction of sp³-hybridized carbons (Fsp3) is 0.167. The molecule has 0 saturated heterocycles. The average Bonchev–Trinajstić information content (AvgIpc) is 2.83. The smallest absolute Gasteiger partial charge is 0.243 e. The van der Waals surface area contributed by atoms with Crippen LogP contribution >= 0.6 is 27.3 Å². The van der Waals surface area contributed by atoms with Gasteiger partial charge in [-0.15, -0.1) is 11.3 Å². The van der Waals surface area contributed by atoms with Crippen LogP contribution in [0.3, 0.4) is 0 Å². The molecule has 3 N–H and O–H groups in total. The highest BCUT2D eigenvalue weighted by Gasteiger charge is 2.19. The third-order valence-corrected chi connectivity index (χ3v) is 5.69. The van der Waals surface area contributed by atoms with E-state index in [4.69, 9.17) is 5.73 Å². The maximum absolute atomic E-state index is 13.7. The van der Waals surface area contributed by atoms with Gasteiger partial charge in [0, 0.05) is 27.8 Å². The molecule has 0 aliphatic carbocycles. The van der Waals surface area contributed by atoms with Crippen molar-refractivity contribution in [3.8, 4) is 0 Å². The summed E-state index contributed by atoms with van der Waals surface area (Å²) in [5, 5.41) is 1.85. The number of nitrogens with one attached hydrogen (secondary N) is 1. The van der Waals surface area contributed by atoms with Crippen molar-refractivity contribution >= 4 is 37.3 Å². The van der Waals surface area contributed by atoms with E-state index in [0.29, 0.717) is 5.56 Å². The van der Waals surface area contributed by atoms with Crippen LogP contribution in [0, 0.1) is 5.82 Å². The first-order valence-corrected chi connectivity index (χ1v) is 8.79. The van der Waals surface area contributed by atoms with Gasteiger partial charge >= 0.3 is 0 Å². The summed E-state index contributed by atoms with van der Waals surface area (Å²) >= 11 is 4.70. The lowest BCUT2D eigenvalue weighted by atomic mass is 10.2. The Morgan fingerprint density at radius 2 is 2.10 bits per heavy atom. The Kier molecular flexibility index (Phi) is 4.92. The van der Waals surface area contributed by atoms with Crippen molar-refractivity contribution < 1.29 is 12.8 Å². The summed E-state index contributed by atoms with van der Waals surface area (Å²) in [4.78, 5) is 0.451. The van der Waals surface area contributed by atoms with E-state index in [0.717, 1.165) is 15.4 Å². The van der Waals surface area contributed by atoms with Gasteiger partial charge in [-0.05, 0) is 39.7 Å². The number of benzene rings is 1. The molecule has 0 fully saturated rings. The zero-order chi connectivity index (χ0) is 14.8. The predicted molar refractivity (Wildman–Crippen MR) is 80.3 cm³/mol. The Balaban J connectivity index is 2.21. The molecule has 20 heavy (non-hydrogen) atoms. The van der Waals surface area contributed by atoms with Crippen molar-refractivity contribution in [3.05, 3.63) is 50.4 Å². The number of hydrogen-bond donors (Lipinski definition) is 2. The minimum atomic E-state index is -3.90. The highest BCUT2D eigenvalue weighted by atomic mass is 79.9. The molecule has 1 heterocycles. The number of nitrogens with two attached hydrogens (primary N) is 1. The van der Waals surface area contributed by atoms with Crippen molar-refractivity contribution in [3.63, 3.8) is 0 Å². The molecule has 1 aromatic carbocycles. The second-order valence-electron chi connectivity index (χ2n) is 4.02. The lowest BCUT2D eigenvalue weighted by Crippen LogP contribution is -2.24. The molecule has 2 rings (SSSR count). The van der Waals surface area contributed by atoms with Gasteiger partial charge in [0.1, 0.15) is 10.7 Å². The van der Waals surface area contributed by atoms with Crippen molar-refractivity contribution in [1.82, 2.24) is 4.72 Å². The van der Waals surface area contributed by atoms with Gasteiger partial charge in [-0.25, -0.2) is 17.5 Å². The topological polar surface area (TPSA) is 72.2 Å². The van der Waals surface area contributed by atoms with Crippen LogP contribution in [0.15, 0.2) is 39.0 Å². The lowest BCUT2D eigenvalue weighted by molar-refractivity contribution is 0.556. The first kappa shape index (κ1) is 15.6. The Morgan fingerprint density at radius 1 is 1.35 bits per heavy atom. The van der Waals surface area contributed by atoms with Gasteiger partial charge < -0.3 is 5.73 Å². The summed E-state index contributed by atoms with van der Waals surface area (Å²) in [6, 6.07) is 5.63. The molecule has 0 atom stereocenters. The highest BCUT2D eigenvalue weighted by Crippen LogP contribution is 2.21. The molecule has 0 amide bonds. The number of hydrogen-bond acceptors (Lipinski definition) is 4. The summed E-state index contributed by atoms with van der Waals surface area (Å²) in [6.45, 7) is 0.269. The van der Waals surface area contributed by atoms with Gasteiger partial charge in [0.2, 0.25) is 10.0 Å². The van der Waals surface area contributed by atoms with Gasteiger partial charge in [-0.3, -0.25) is 0 Å². The monoisotopic (exact) mass is 378 g/mol. The van der Waals surface area contributed by atoms with Crippen molar-refractivity contribution in [1.29, 1.82) is 0 Å². The maximum atomic E-state index is 13.7. The fourth-order valence-corrected chi connectivity index (χ4v) is 4.19. The summed E-state index contributed by atoms with van der Waals surface area (Å²) in [5.74, 6) is -0.790. The summed E-state index contributed by atoms with van der Waals surface area (Å²) in [6.07, 6.45) is 0. The Hall–Kier alpha value is -0.800. The fourth-order valence-electron chi connectivity index (χ4n) is 1.57. The van der Waals surface area contributed by atoms with Gasteiger partial charge in [0.25, 0.3) is 0 Å². The van der Waals surface area contributed by atoms with Crippen molar-refractivity contribution in [2.75, 3.05) is 0 Å². The van der Waals surface area contributed by atoms with E-state index in [2.05, 4.69) is 20.7 Å². The van der Waals surface area contributed by atoms with Gasteiger partial charge in [0.05, 0.1) is 0 Å². The Bertz CT molecular complexity index is 716. The molecule has 108 valence electrons. The predicted octanol–water partition coefficient (Wildman–Crippen LogP) is 2.59. The van der Waals surface area contributed by atoms with Crippen LogP contribution in [0.1, 0.15) is 10.4 Å². The minimum absolute atomic E-state index is 0.116. The quantitative estimate of drug-likeness (QED) is 0.839. The number of sulfonamides is 1. The largest absolute Gasteiger partial charge is 0.326 e. The number of halogens is 2. The van der Waals surface area contributed by atoms with Gasteiger partial charge in [-0.2, -0.15) is 0 Å². The zero-order valence-corrected chi connectivity index (χ0v) is 13.5. The van der Waals surface area contributed by atoms with Crippen LogP contribution in [-0.4, -0.2) is 8.42 Å². The summed E-state index contributed by atoms with van der Waals surface area (Å²) in [5.41, 5.74) is 6.00. The van der Waals surface area contributed by atoms with Crippen LogP contribution in [0.4, 0.5) is 4.39 Å². The molecular weight excluding hydrogens is 367 g/mol. The SMILES string of the molecule is NCc1ccc(F)c(S(=O)(=O)NCc2cc(Br)cs2)c1. The van der Waals surface area contributed by atoms with Crippen LogP contribution < -0.4 is 10.5 Å². The van der Waals surface area contributed by atoms with Crippen LogP contribution in [-0.2, 0) is 23.1 Å². The molecular formula is C12H12BrFN2O2S2. The molecule has 2 aromatic rings. The first-order valence-electron chi connectivity index (χ1n) is 5.63. The summed E-state index contributed by atoms with van der Waals surface area (Å²) in [7, 11) is -3.90. The molecule has 0 saturated carbocycles. The lowest BCUT2D eigenvalue weighted by Gasteiger charge is -2.08. The molecule has 0 aliphatic heterocycles. The average molecular weight is 379 g/mol. The van der Waals surface area contributed by atoms with Gasteiger partial charge in [-0.1, -0.05) is 6.07 Å². The van der Waals surface area contributed by atoms with E-state index in [9.17, 15) is 12.8 Å². The van der Waals surface area contributed by atoms with Crippen molar-refractivity contribution in [2.24, 2.45) is 5.73 Å². The summed E-state index contributed by atoms with van der Waals surface area (Å²) < 4.78 is 41.1. The van der Waals surface area contributed by atoms with E-state index in [-0.39, 0.29) is 18.0 Å². The molecule has 1 aromatic heterocycles. The molecule has 0 spiro atoms. The van der Waals surface area contributed by atoms with E-state index in [1.54, 1.807) is 6.07 Å². The molecule has 0 bridgehead atoms. The molecule has 4 nitrogen and oxygen atoms in total.